The summed E-state index contributed by atoms with van der Waals surface area (Å²) in [5.74, 6) is -0.692. The van der Waals surface area contributed by atoms with Crippen molar-refractivity contribution >= 4 is 5.91 Å². The minimum absolute atomic E-state index is 0.549. The van der Waals surface area contributed by atoms with Crippen LogP contribution in [0.25, 0.3) is 0 Å². The zero-order valence-corrected chi connectivity index (χ0v) is 9.40. The van der Waals surface area contributed by atoms with Gasteiger partial charge in [-0.1, -0.05) is 43.7 Å². The summed E-state index contributed by atoms with van der Waals surface area (Å²) in [5, 5.41) is 0. The molecule has 0 saturated heterocycles. The van der Waals surface area contributed by atoms with Gasteiger partial charge in [-0.05, 0) is 12.0 Å². The second-order valence-electron chi connectivity index (χ2n) is 3.53. The lowest BCUT2D eigenvalue weighted by Gasteiger charge is -2.14. The van der Waals surface area contributed by atoms with Crippen LogP contribution in [0.1, 0.15) is 31.4 Å². The molecule has 0 fully saturated rings. The summed E-state index contributed by atoms with van der Waals surface area (Å²) in [7, 11) is 0. The minimum atomic E-state index is -0.696. The van der Waals surface area contributed by atoms with Crippen molar-refractivity contribution in [2.45, 2.75) is 25.8 Å². The number of hydrogen-bond donors (Lipinski definition) is 1. The molecule has 16 heavy (non-hydrogen) atoms. The van der Waals surface area contributed by atoms with Crippen LogP contribution in [0.5, 0.6) is 0 Å². The van der Waals surface area contributed by atoms with Crippen LogP contribution in [0.2, 0.25) is 0 Å². The molecule has 0 aliphatic carbocycles. The maximum absolute atomic E-state index is 11.1. The molecule has 0 aliphatic rings. The van der Waals surface area contributed by atoms with Crippen molar-refractivity contribution in [2.24, 2.45) is 0 Å². The Kier molecular flexibility index (Phi) is 5.53. The number of unbranched alkanes of at least 4 members (excludes halogenated alkanes) is 1. The highest BCUT2D eigenvalue weighted by atomic mass is 16.6. The molecule has 1 amide bonds. The molecule has 0 aromatic heterocycles. The molecular formula is C12H17N2O2. The first-order chi connectivity index (χ1) is 7.75. The zero-order valence-electron chi connectivity index (χ0n) is 9.40. The van der Waals surface area contributed by atoms with Crippen LogP contribution < -0.4 is 11.2 Å². The molecule has 4 heteroatoms. The molecule has 1 aromatic rings. The number of carbonyl (C=O) groups is 1. The lowest BCUT2D eigenvalue weighted by molar-refractivity contribution is -0.125. The molecule has 1 aromatic carbocycles. The Hall–Kier alpha value is -1.39. The van der Waals surface area contributed by atoms with Gasteiger partial charge in [-0.25, -0.2) is 0 Å². The zero-order chi connectivity index (χ0) is 11.8. The molecule has 2 N–H and O–H groups in total. The van der Waals surface area contributed by atoms with Gasteiger partial charge >= 0.3 is 0 Å². The standard InChI is InChI=1S/C12H17N2O2/c1-2-3-9-16-14-11(12(13)15)10-7-5-4-6-8-10/h4-8,11,13-14H,2-3,9H2,1H3/t11-/m0/s1. The van der Waals surface area contributed by atoms with Gasteiger partial charge in [0.05, 0.1) is 6.61 Å². The topological polar surface area (TPSA) is 62.1 Å². The Morgan fingerprint density at radius 3 is 2.69 bits per heavy atom. The van der Waals surface area contributed by atoms with Gasteiger partial charge in [-0.3, -0.25) is 10.5 Å². The number of carbonyl (C=O) groups excluding carboxylic acids is 1. The van der Waals surface area contributed by atoms with Gasteiger partial charge in [-0.2, -0.15) is 5.48 Å². The van der Waals surface area contributed by atoms with Crippen molar-refractivity contribution in [3.05, 3.63) is 35.9 Å². The largest absolute Gasteiger partial charge is 0.301 e. The Bertz CT molecular complexity index is 314. The predicted molar refractivity (Wildman–Crippen MR) is 61.3 cm³/mol. The molecular weight excluding hydrogens is 204 g/mol. The summed E-state index contributed by atoms with van der Waals surface area (Å²) in [4.78, 5) is 16.3. The molecule has 4 nitrogen and oxygen atoms in total. The van der Waals surface area contributed by atoms with E-state index in [0.717, 1.165) is 18.4 Å². The second-order valence-corrected chi connectivity index (χ2v) is 3.53. The summed E-state index contributed by atoms with van der Waals surface area (Å²) in [6.07, 6.45) is 1.97. The second kappa shape index (κ2) is 6.98. The van der Waals surface area contributed by atoms with Crippen LogP contribution in [-0.4, -0.2) is 12.5 Å². The van der Waals surface area contributed by atoms with E-state index in [1.807, 2.05) is 18.2 Å². The molecule has 87 valence electrons. The third kappa shape index (κ3) is 4.00. The van der Waals surface area contributed by atoms with E-state index in [-0.39, 0.29) is 0 Å². The Morgan fingerprint density at radius 1 is 1.44 bits per heavy atom. The fourth-order valence-corrected chi connectivity index (χ4v) is 1.28. The van der Waals surface area contributed by atoms with E-state index < -0.39 is 11.9 Å². The highest BCUT2D eigenvalue weighted by molar-refractivity contribution is 5.80. The normalized spacial score (nSPS) is 12.3. The van der Waals surface area contributed by atoms with Gasteiger partial charge < -0.3 is 4.84 Å². The maximum Gasteiger partial charge on any atom is 0.262 e. The molecule has 0 aliphatic heterocycles. The van der Waals surface area contributed by atoms with Crippen molar-refractivity contribution in [3.8, 4) is 0 Å². The van der Waals surface area contributed by atoms with Crippen LogP contribution >= 0.6 is 0 Å². The Balaban J connectivity index is 2.52. The van der Waals surface area contributed by atoms with Crippen LogP contribution in [0.3, 0.4) is 0 Å². The monoisotopic (exact) mass is 221 g/mol. The van der Waals surface area contributed by atoms with E-state index in [1.165, 1.54) is 0 Å². The lowest BCUT2D eigenvalue weighted by Crippen LogP contribution is -2.29. The van der Waals surface area contributed by atoms with Crippen LogP contribution in [0.15, 0.2) is 30.3 Å². The van der Waals surface area contributed by atoms with Crippen LogP contribution in [-0.2, 0) is 9.63 Å². The smallest absolute Gasteiger partial charge is 0.262 e. The third-order valence-electron chi connectivity index (χ3n) is 2.20. The SMILES string of the molecule is CCCCON[C@H](C([NH])=O)c1ccccc1. The summed E-state index contributed by atoms with van der Waals surface area (Å²) < 4.78 is 0. The predicted octanol–water partition coefficient (Wildman–Crippen LogP) is 1.86. The first-order valence-corrected chi connectivity index (χ1v) is 5.43. The molecule has 1 rings (SSSR count). The summed E-state index contributed by atoms with van der Waals surface area (Å²) in [6, 6.07) is 8.43. The number of rotatable bonds is 7. The highest BCUT2D eigenvalue weighted by Gasteiger charge is 2.17. The van der Waals surface area contributed by atoms with Gasteiger partial charge in [0.2, 0.25) is 0 Å². The van der Waals surface area contributed by atoms with E-state index in [2.05, 4.69) is 12.4 Å². The maximum atomic E-state index is 11.1. The van der Waals surface area contributed by atoms with E-state index >= 15 is 0 Å². The number of hydrogen-bond acceptors (Lipinski definition) is 3. The van der Waals surface area contributed by atoms with Gasteiger partial charge in [0.15, 0.2) is 0 Å². The van der Waals surface area contributed by atoms with E-state index in [0.29, 0.717) is 6.61 Å². The highest BCUT2D eigenvalue weighted by Crippen LogP contribution is 2.12. The van der Waals surface area contributed by atoms with Gasteiger partial charge in [-0.15, -0.1) is 0 Å². The fourth-order valence-electron chi connectivity index (χ4n) is 1.28. The quantitative estimate of drug-likeness (QED) is 0.564. The van der Waals surface area contributed by atoms with E-state index in [4.69, 9.17) is 10.6 Å². The van der Waals surface area contributed by atoms with Gasteiger partial charge in [0.1, 0.15) is 6.04 Å². The summed E-state index contributed by atoms with van der Waals surface area (Å²) >= 11 is 0. The number of hydroxylamine groups is 1. The van der Waals surface area contributed by atoms with E-state index in [1.54, 1.807) is 12.1 Å². The number of amides is 1. The molecule has 0 saturated carbocycles. The van der Waals surface area contributed by atoms with Crippen molar-refractivity contribution < 1.29 is 9.63 Å². The molecule has 0 unspecified atom stereocenters. The number of benzene rings is 1. The first kappa shape index (κ1) is 12.7. The van der Waals surface area contributed by atoms with Crippen molar-refractivity contribution in [1.82, 2.24) is 11.2 Å². The first-order valence-electron chi connectivity index (χ1n) is 5.43. The van der Waals surface area contributed by atoms with Gasteiger partial charge in [0, 0.05) is 0 Å². The third-order valence-corrected chi connectivity index (χ3v) is 2.20. The van der Waals surface area contributed by atoms with Crippen LogP contribution in [0.4, 0.5) is 0 Å². The fraction of sp³-hybridized carbons (Fsp3) is 0.417. The molecule has 0 heterocycles. The van der Waals surface area contributed by atoms with Gasteiger partial charge in [0.25, 0.3) is 5.91 Å². The summed E-state index contributed by atoms with van der Waals surface area (Å²) in [6.45, 7) is 2.61. The van der Waals surface area contributed by atoms with Crippen molar-refractivity contribution in [3.63, 3.8) is 0 Å². The van der Waals surface area contributed by atoms with E-state index in [9.17, 15) is 4.79 Å². The van der Waals surface area contributed by atoms with Crippen LogP contribution in [0, 0.1) is 0 Å². The Labute approximate surface area is 95.7 Å². The Morgan fingerprint density at radius 2 is 2.12 bits per heavy atom. The molecule has 1 atom stereocenters. The molecule has 0 spiro atoms. The summed E-state index contributed by atoms with van der Waals surface area (Å²) in [5.41, 5.74) is 10.6. The van der Waals surface area contributed by atoms with Crippen molar-refractivity contribution in [2.75, 3.05) is 6.61 Å². The molecule has 1 radical (unpaired) electrons. The number of nitrogens with one attached hydrogen (secondary N) is 2. The lowest BCUT2D eigenvalue weighted by atomic mass is 10.1. The average Bonchev–Trinajstić information content (AvgIpc) is 2.30. The minimum Gasteiger partial charge on any atom is -0.301 e. The average molecular weight is 221 g/mol. The van der Waals surface area contributed by atoms with Crippen molar-refractivity contribution in [1.29, 1.82) is 0 Å². The molecule has 0 bridgehead atoms.